The average molecular weight is 289 g/mol. The molecule has 0 radical (unpaired) electrons. The van der Waals surface area contributed by atoms with Crippen molar-refractivity contribution < 1.29 is 4.79 Å². The molecular weight excluding hydrogens is 270 g/mol. The molecule has 2 heterocycles. The lowest BCUT2D eigenvalue weighted by Gasteiger charge is -2.06. The summed E-state index contributed by atoms with van der Waals surface area (Å²) in [4.78, 5) is 18.8. The second-order valence-corrected chi connectivity index (χ2v) is 6.10. The van der Waals surface area contributed by atoms with Crippen molar-refractivity contribution in [3.05, 3.63) is 44.8 Å². The van der Waals surface area contributed by atoms with Crippen LogP contribution in [0.4, 0.5) is 5.82 Å². The van der Waals surface area contributed by atoms with Gasteiger partial charge in [0.15, 0.2) is 0 Å². The Morgan fingerprint density at radius 1 is 1.35 bits per heavy atom. The lowest BCUT2D eigenvalue weighted by molar-refractivity contribution is 0.0951. The number of nitrogens with zero attached hydrogens (tertiary/aromatic N) is 1. The number of rotatable bonds is 4. The number of thiophene rings is 1. The minimum Gasteiger partial charge on any atom is -0.384 e. The molecule has 106 valence electrons. The highest BCUT2D eigenvalue weighted by Gasteiger charge is 2.09. The van der Waals surface area contributed by atoms with Crippen molar-refractivity contribution in [2.45, 2.75) is 33.7 Å². The summed E-state index contributed by atoms with van der Waals surface area (Å²) in [6, 6.07) is 5.51. The molecule has 0 atom stereocenters. The normalized spacial score (nSPS) is 10.6. The van der Waals surface area contributed by atoms with Crippen LogP contribution in [0.3, 0.4) is 0 Å². The van der Waals surface area contributed by atoms with E-state index in [0.717, 1.165) is 17.0 Å². The topological polar surface area (TPSA) is 68.0 Å². The fraction of sp³-hybridized carbons (Fsp3) is 0.333. The van der Waals surface area contributed by atoms with Gasteiger partial charge in [-0.05, 0) is 44.0 Å². The summed E-state index contributed by atoms with van der Waals surface area (Å²) >= 11 is 1.71. The molecule has 0 spiro atoms. The number of amides is 1. The van der Waals surface area contributed by atoms with Gasteiger partial charge in [-0.1, -0.05) is 6.92 Å². The quantitative estimate of drug-likeness (QED) is 0.909. The highest BCUT2D eigenvalue weighted by atomic mass is 32.1. The van der Waals surface area contributed by atoms with Gasteiger partial charge in [0.05, 0.1) is 6.54 Å². The Bertz CT molecular complexity index is 615. The average Bonchev–Trinajstić information content (AvgIpc) is 2.74. The van der Waals surface area contributed by atoms with Crippen molar-refractivity contribution in [3.63, 3.8) is 0 Å². The van der Waals surface area contributed by atoms with Crippen molar-refractivity contribution in [3.8, 4) is 0 Å². The van der Waals surface area contributed by atoms with Crippen molar-refractivity contribution >= 4 is 23.1 Å². The zero-order valence-electron chi connectivity index (χ0n) is 12.0. The molecule has 0 aliphatic carbocycles. The Morgan fingerprint density at radius 3 is 2.70 bits per heavy atom. The molecule has 0 aliphatic rings. The molecule has 3 N–H and O–H groups in total. The SMILES string of the molecule is CCc1cc(C(=O)NCc2cc(C)c(C)s2)cc(N)n1. The van der Waals surface area contributed by atoms with E-state index in [1.165, 1.54) is 10.4 Å². The van der Waals surface area contributed by atoms with E-state index >= 15 is 0 Å². The standard InChI is InChI=1S/C15H19N3OS/c1-4-12-6-11(7-14(16)18-12)15(19)17-8-13-5-9(2)10(3)20-13/h5-7H,4,8H2,1-3H3,(H2,16,18)(H,17,19). The highest BCUT2D eigenvalue weighted by Crippen LogP contribution is 2.20. The van der Waals surface area contributed by atoms with Crippen molar-refractivity contribution in [1.82, 2.24) is 10.3 Å². The van der Waals surface area contributed by atoms with Crippen molar-refractivity contribution in [2.75, 3.05) is 5.73 Å². The van der Waals surface area contributed by atoms with E-state index in [0.29, 0.717) is 17.9 Å². The molecule has 0 aliphatic heterocycles. The molecule has 0 aromatic carbocycles. The van der Waals surface area contributed by atoms with Crippen LogP contribution in [0.2, 0.25) is 0 Å². The van der Waals surface area contributed by atoms with Crippen LogP contribution in [0, 0.1) is 13.8 Å². The number of pyridine rings is 1. The van der Waals surface area contributed by atoms with Gasteiger partial charge in [-0.3, -0.25) is 4.79 Å². The van der Waals surface area contributed by atoms with Gasteiger partial charge < -0.3 is 11.1 Å². The maximum absolute atomic E-state index is 12.1. The Morgan fingerprint density at radius 2 is 2.10 bits per heavy atom. The minimum absolute atomic E-state index is 0.113. The smallest absolute Gasteiger partial charge is 0.251 e. The van der Waals surface area contributed by atoms with Crippen LogP contribution in [0.15, 0.2) is 18.2 Å². The van der Waals surface area contributed by atoms with Gasteiger partial charge >= 0.3 is 0 Å². The number of nitrogen functional groups attached to an aromatic ring is 1. The van der Waals surface area contributed by atoms with Crippen LogP contribution in [0.5, 0.6) is 0 Å². The number of carbonyl (C=O) groups excluding carboxylic acids is 1. The third kappa shape index (κ3) is 3.36. The predicted molar refractivity (Wildman–Crippen MR) is 83.0 cm³/mol. The van der Waals surface area contributed by atoms with E-state index < -0.39 is 0 Å². The van der Waals surface area contributed by atoms with Crippen molar-refractivity contribution in [2.24, 2.45) is 0 Å². The molecule has 0 saturated heterocycles. The third-order valence-electron chi connectivity index (χ3n) is 3.16. The number of nitrogens with one attached hydrogen (secondary N) is 1. The first-order valence-electron chi connectivity index (χ1n) is 6.60. The Kier molecular flexibility index (Phi) is 4.39. The van der Waals surface area contributed by atoms with E-state index in [1.807, 2.05) is 6.92 Å². The van der Waals surface area contributed by atoms with Gasteiger partial charge in [-0.25, -0.2) is 4.98 Å². The fourth-order valence-electron chi connectivity index (χ4n) is 1.93. The van der Waals surface area contributed by atoms with E-state index in [1.54, 1.807) is 23.5 Å². The molecule has 1 amide bonds. The summed E-state index contributed by atoms with van der Waals surface area (Å²) in [6.45, 7) is 6.69. The molecular formula is C15H19N3OS. The summed E-state index contributed by atoms with van der Waals surface area (Å²) < 4.78 is 0. The molecule has 5 heteroatoms. The maximum atomic E-state index is 12.1. The number of hydrogen-bond donors (Lipinski definition) is 2. The Balaban J connectivity index is 2.06. The largest absolute Gasteiger partial charge is 0.384 e. The number of aryl methyl sites for hydroxylation is 3. The minimum atomic E-state index is -0.113. The van der Waals surface area contributed by atoms with Crippen LogP contribution in [-0.2, 0) is 13.0 Å². The van der Waals surface area contributed by atoms with E-state index in [2.05, 4.69) is 30.2 Å². The highest BCUT2D eigenvalue weighted by molar-refractivity contribution is 7.12. The van der Waals surface area contributed by atoms with Gasteiger partial charge in [0.1, 0.15) is 5.82 Å². The Labute approximate surface area is 123 Å². The molecule has 2 aromatic heterocycles. The van der Waals surface area contributed by atoms with Gasteiger partial charge in [-0.2, -0.15) is 0 Å². The lowest BCUT2D eigenvalue weighted by atomic mass is 10.2. The summed E-state index contributed by atoms with van der Waals surface area (Å²) in [5.41, 5.74) is 8.38. The third-order valence-corrected chi connectivity index (χ3v) is 4.32. The van der Waals surface area contributed by atoms with Gasteiger partial charge in [0.2, 0.25) is 0 Å². The van der Waals surface area contributed by atoms with Crippen LogP contribution < -0.4 is 11.1 Å². The second-order valence-electron chi connectivity index (χ2n) is 4.76. The zero-order chi connectivity index (χ0) is 14.7. The lowest BCUT2D eigenvalue weighted by Crippen LogP contribution is -2.22. The fourth-order valence-corrected chi connectivity index (χ4v) is 2.92. The van der Waals surface area contributed by atoms with Crippen LogP contribution >= 0.6 is 11.3 Å². The van der Waals surface area contributed by atoms with Crippen LogP contribution in [0.1, 0.15) is 38.3 Å². The molecule has 2 aromatic rings. The predicted octanol–water partition coefficient (Wildman–Crippen LogP) is 2.83. The number of hydrogen-bond acceptors (Lipinski definition) is 4. The first kappa shape index (κ1) is 14.5. The number of anilines is 1. The number of aromatic nitrogens is 1. The van der Waals surface area contributed by atoms with Gasteiger partial charge in [0.25, 0.3) is 5.91 Å². The molecule has 0 saturated carbocycles. The zero-order valence-corrected chi connectivity index (χ0v) is 12.8. The molecule has 2 rings (SSSR count). The Hall–Kier alpha value is -1.88. The first-order chi connectivity index (χ1) is 9.49. The number of nitrogens with two attached hydrogens (primary N) is 1. The van der Waals surface area contributed by atoms with Gasteiger partial charge in [-0.15, -0.1) is 11.3 Å². The molecule has 0 unspecified atom stereocenters. The monoisotopic (exact) mass is 289 g/mol. The molecule has 0 bridgehead atoms. The first-order valence-corrected chi connectivity index (χ1v) is 7.41. The summed E-state index contributed by atoms with van der Waals surface area (Å²) in [5.74, 6) is 0.273. The van der Waals surface area contributed by atoms with E-state index in [9.17, 15) is 4.79 Å². The summed E-state index contributed by atoms with van der Waals surface area (Å²) in [6.07, 6.45) is 0.759. The summed E-state index contributed by atoms with van der Waals surface area (Å²) in [7, 11) is 0. The molecule has 20 heavy (non-hydrogen) atoms. The number of carbonyl (C=O) groups is 1. The van der Waals surface area contributed by atoms with Crippen LogP contribution in [-0.4, -0.2) is 10.9 Å². The summed E-state index contributed by atoms with van der Waals surface area (Å²) in [5, 5.41) is 2.92. The van der Waals surface area contributed by atoms with E-state index in [4.69, 9.17) is 5.73 Å². The molecule has 4 nitrogen and oxygen atoms in total. The van der Waals surface area contributed by atoms with Crippen molar-refractivity contribution in [1.29, 1.82) is 0 Å². The maximum Gasteiger partial charge on any atom is 0.251 e. The van der Waals surface area contributed by atoms with Gasteiger partial charge in [0, 0.05) is 21.0 Å². The second kappa shape index (κ2) is 6.05. The molecule has 0 fully saturated rings. The van der Waals surface area contributed by atoms with Crippen LogP contribution in [0.25, 0.3) is 0 Å². The van der Waals surface area contributed by atoms with E-state index in [-0.39, 0.29) is 5.91 Å².